The first kappa shape index (κ1) is 29.1. The molecule has 0 unspecified atom stereocenters. The number of rotatable bonds is 8. The van der Waals surface area contributed by atoms with Gasteiger partial charge in [-0.1, -0.05) is 13.5 Å². The van der Waals surface area contributed by atoms with Crippen LogP contribution in [0.4, 0.5) is 17.1 Å². The maximum absolute atomic E-state index is 12.1. The van der Waals surface area contributed by atoms with Gasteiger partial charge in [0.05, 0.1) is 10.6 Å². The van der Waals surface area contributed by atoms with Gasteiger partial charge in [-0.3, -0.25) is 9.11 Å². The van der Waals surface area contributed by atoms with Gasteiger partial charge >= 0.3 is 10.4 Å². The maximum Gasteiger partial charge on any atom is 0.398 e. The lowest BCUT2D eigenvalue weighted by molar-refractivity contribution is 0.306. The van der Waals surface area contributed by atoms with Crippen LogP contribution in [0.15, 0.2) is 62.5 Å². The van der Waals surface area contributed by atoms with Crippen molar-refractivity contribution in [3.63, 3.8) is 0 Å². The third-order valence-corrected chi connectivity index (χ3v) is 7.64. The van der Waals surface area contributed by atoms with Gasteiger partial charge in [0.1, 0.15) is 10.6 Å². The van der Waals surface area contributed by atoms with Crippen molar-refractivity contribution < 1.29 is 43.6 Å². The number of sulfone groups is 1. The van der Waals surface area contributed by atoms with Crippen LogP contribution in [0, 0.1) is 6.92 Å². The van der Waals surface area contributed by atoms with E-state index in [0.717, 1.165) is 30.3 Å². The fourth-order valence-corrected chi connectivity index (χ4v) is 5.45. The molecule has 0 fully saturated rings. The summed E-state index contributed by atoms with van der Waals surface area (Å²) in [6.45, 7) is 1.69. The molecule has 36 heavy (non-hydrogen) atoms. The number of benzene rings is 3. The smallest absolute Gasteiger partial charge is 0.398 e. The minimum absolute atomic E-state index is 0. The number of hydrogen-bond donors (Lipinski definition) is 4. The topological polar surface area (TPSA) is 209 Å². The van der Waals surface area contributed by atoms with Crippen molar-refractivity contribution in [2.45, 2.75) is 24.1 Å². The highest BCUT2D eigenvalue weighted by Gasteiger charge is 2.24. The molecule has 0 radical (unpaired) electrons. The van der Waals surface area contributed by atoms with Gasteiger partial charge in [0.25, 0.3) is 10.1 Å². The summed E-state index contributed by atoms with van der Waals surface area (Å²) < 4.78 is 91.5. The van der Waals surface area contributed by atoms with Crippen molar-refractivity contribution >= 4 is 58.2 Å². The third-order valence-electron chi connectivity index (χ3n) is 4.79. The molecule has 3 aromatic carbocycles. The standard InChI is InChI=1S/C19H19N3O10S3.CH4/c1-11-3-8-15(20-2)17-14(11)9-16(34(26,27)28)18(19(17)23)22-21-12-4-6-13(7-5-12)33(24,25)10-32-35(29,30)31;/h3-9,20,23H,10H2,1-2H3,(H,26,27,28)(H,29,30,31);1H4. The van der Waals surface area contributed by atoms with E-state index in [1.54, 1.807) is 26.1 Å². The van der Waals surface area contributed by atoms with E-state index in [1.165, 1.54) is 0 Å². The van der Waals surface area contributed by atoms with Crippen molar-refractivity contribution in [2.24, 2.45) is 10.2 Å². The molecule has 0 amide bonds. The van der Waals surface area contributed by atoms with E-state index in [0.29, 0.717) is 16.6 Å². The Labute approximate surface area is 208 Å². The molecule has 0 heterocycles. The van der Waals surface area contributed by atoms with Crippen LogP contribution in [0.25, 0.3) is 10.8 Å². The van der Waals surface area contributed by atoms with Crippen molar-refractivity contribution in [1.29, 1.82) is 0 Å². The predicted molar refractivity (Wildman–Crippen MR) is 132 cm³/mol. The van der Waals surface area contributed by atoms with Crippen LogP contribution >= 0.6 is 0 Å². The lowest BCUT2D eigenvalue weighted by Crippen LogP contribution is -2.14. The van der Waals surface area contributed by atoms with Gasteiger partial charge in [-0.25, -0.2) is 12.6 Å². The molecule has 16 heteroatoms. The van der Waals surface area contributed by atoms with Crippen molar-refractivity contribution in [3.8, 4) is 5.75 Å². The van der Waals surface area contributed by atoms with Crippen molar-refractivity contribution in [1.82, 2.24) is 0 Å². The van der Waals surface area contributed by atoms with Gasteiger partial charge < -0.3 is 10.4 Å². The zero-order chi connectivity index (χ0) is 26.2. The summed E-state index contributed by atoms with van der Waals surface area (Å²) in [5.41, 5.74) is 0.569. The summed E-state index contributed by atoms with van der Waals surface area (Å²) in [5.74, 6) is -1.89. The van der Waals surface area contributed by atoms with Crippen molar-refractivity contribution in [2.75, 3.05) is 18.3 Å². The molecule has 13 nitrogen and oxygen atoms in total. The number of hydrogen-bond acceptors (Lipinski definition) is 11. The van der Waals surface area contributed by atoms with Gasteiger partial charge in [-0.05, 0) is 54.3 Å². The predicted octanol–water partition coefficient (Wildman–Crippen LogP) is 3.74. The first-order valence-corrected chi connectivity index (χ1v) is 13.9. The van der Waals surface area contributed by atoms with Crippen molar-refractivity contribution in [3.05, 3.63) is 48.0 Å². The molecule has 0 atom stereocenters. The number of fused-ring (bicyclic) bond motifs is 1. The van der Waals surface area contributed by atoms with E-state index >= 15 is 0 Å². The molecule has 196 valence electrons. The number of nitrogens with one attached hydrogen (secondary N) is 1. The van der Waals surface area contributed by atoms with Crippen LogP contribution in [-0.2, 0) is 34.5 Å². The highest BCUT2D eigenvalue weighted by molar-refractivity contribution is 7.92. The minimum atomic E-state index is -4.97. The molecule has 0 spiro atoms. The Balaban J connectivity index is 0.00000456. The van der Waals surface area contributed by atoms with E-state index in [9.17, 15) is 34.9 Å². The largest absolute Gasteiger partial charge is 0.505 e. The Kier molecular flexibility index (Phi) is 8.44. The number of aryl methyl sites for hydroxylation is 1. The number of phenolic OH excluding ortho intramolecular Hbond substituents is 1. The minimum Gasteiger partial charge on any atom is -0.505 e. The summed E-state index contributed by atoms with van der Waals surface area (Å²) in [7, 11) is -12.4. The Morgan fingerprint density at radius 3 is 2.08 bits per heavy atom. The highest BCUT2D eigenvalue weighted by Crippen LogP contribution is 2.45. The van der Waals surface area contributed by atoms with E-state index < -0.39 is 52.6 Å². The second-order valence-electron chi connectivity index (χ2n) is 7.12. The molecule has 0 aliphatic rings. The zero-order valence-corrected chi connectivity index (χ0v) is 20.5. The first-order valence-electron chi connectivity index (χ1n) is 9.45. The Hall–Kier alpha value is -3.15. The number of phenols is 1. The highest BCUT2D eigenvalue weighted by atomic mass is 32.3. The molecule has 4 N–H and O–H groups in total. The number of nitrogens with zero attached hydrogens (tertiary/aromatic N) is 2. The normalized spacial score (nSPS) is 12.6. The summed E-state index contributed by atoms with van der Waals surface area (Å²) in [6.07, 6.45) is 0. The number of anilines is 1. The number of aromatic hydroxyl groups is 1. The fraction of sp³-hybridized carbons (Fsp3) is 0.200. The molecule has 0 saturated carbocycles. The van der Waals surface area contributed by atoms with Crippen LogP contribution in [0.5, 0.6) is 5.75 Å². The Morgan fingerprint density at radius 1 is 0.944 bits per heavy atom. The van der Waals surface area contributed by atoms with Gasteiger partial charge in [0.2, 0.25) is 9.84 Å². The van der Waals surface area contributed by atoms with E-state index in [2.05, 4.69) is 19.7 Å². The quantitative estimate of drug-likeness (QED) is 0.230. The van der Waals surface area contributed by atoms with Gasteiger partial charge in [-0.2, -0.15) is 21.9 Å². The second kappa shape index (κ2) is 10.5. The molecule has 0 aromatic heterocycles. The van der Waals surface area contributed by atoms with Crippen LogP contribution in [0.1, 0.15) is 13.0 Å². The van der Waals surface area contributed by atoms with Crippen LogP contribution in [0.3, 0.4) is 0 Å². The van der Waals surface area contributed by atoms with Gasteiger partial charge in [0, 0.05) is 18.1 Å². The SMILES string of the molecule is C.CNc1ccc(C)c2cc(S(=O)(=O)O)c(N=Nc3ccc(S(=O)(=O)COS(=O)(=O)O)cc3)c(O)c12. The summed E-state index contributed by atoms with van der Waals surface area (Å²) in [5, 5.41) is 21.9. The van der Waals surface area contributed by atoms with Crippen LogP contribution in [-0.4, -0.2) is 52.5 Å². The molecule has 0 saturated heterocycles. The van der Waals surface area contributed by atoms with E-state index in [-0.39, 0.29) is 23.4 Å². The van der Waals surface area contributed by atoms with Crippen LogP contribution < -0.4 is 5.32 Å². The average Bonchev–Trinajstić information content (AvgIpc) is 2.76. The lowest BCUT2D eigenvalue weighted by atomic mass is 10.0. The molecular formula is C20H23N3O10S3. The van der Waals surface area contributed by atoms with Crippen LogP contribution in [0.2, 0.25) is 0 Å². The number of azo groups is 1. The summed E-state index contributed by atoms with van der Waals surface area (Å²) >= 11 is 0. The monoisotopic (exact) mass is 561 g/mol. The molecule has 0 bridgehead atoms. The lowest BCUT2D eigenvalue weighted by Gasteiger charge is -2.14. The van der Waals surface area contributed by atoms with E-state index in [1.807, 2.05) is 0 Å². The average molecular weight is 562 g/mol. The molecule has 3 aromatic rings. The third kappa shape index (κ3) is 6.34. The Bertz CT molecular complexity index is 1650. The molecule has 0 aliphatic heterocycles. The molecule has 0 aliphatic carbocycles. The summed E-state index contributed by atoms with van der Waals surface area (Å²) in [4.78, 5) is -1.05. The van der Waals surface area contributed by atoms with E-state index in [4.69, 9.17) is 4.55 Å². The molecule has 3 rings (SSSR count). The summed E-state index contributed by atoms with van der Waals surface area (Å²) in [6, 6.07) is 8.93. The second-order valence-corrected chi connectivity index (χ2v) is 11.5. The first-order chi connectivity index (χ1) is 16.1. The Morgan fingerprint density at radius 2 is 1.56 bits per heavy atom. The van der Waals surface area contributed by atoms with Gasteiger partial charge in [-0.15, -0.1) is 5.11 Å². The maximum atomic E-state index is 12.1. The zero-order valence-electron chi connectivity index (χ0n) is 18.1. The molecular weight excluding hydrogens is 538 g/mol. The fourth-order valence-electron chi connectivity index (χ4n) is 3.12. The van der Waals surface area contributed by atoms with Gasteiger partial charge in [0.15, 0.2) is 11.7 Å².